The van der Waals surface area contributed by atoms with E-state index in [1.807, 2.05) is 6.20 Å². The smallest absolute Gasteiger partial charge is 0.134 e. The molecule has 18 heavy (non-hydrogen) atoms. The van der Waals surface area contributed by atoms with E-state index < -0.39 is 0 Å². The average Bonchev–Trinajstić information content (AvgIpc) is 2.72. The third kappa shape index (κ3) is 1.45. The molecule has 2 heteroatoms. The van der Waals surface area contributed by atoms with Gasteiger partial charge in [0.25, 0.3) is 0 Å². The quantitative estimate of drug-likeness (QED) is 0.855. The highest BCUT2D eigenvalue weighted by Crippen LogP contribution is 2.63. The van der Waals surface area contributed by atoms with Crippen LogP contribution in [0.25, 0.3) is 10.8 Å². The van der Waals surface area contributed by atoms with E-state index in [1.54, 1.807) is 0 Å². The fourth-order valence-corrected chi connectivity index (χ4v) is 2.93. The highest BCUT2D eigenvalue weighted by molar-refractivity contribution is 5.91. The highest BCUT2D eigenvalue weighted by Gasteiger charge is 2.65. The van der Waals surface area contributed by atoms with Crippen molar-refractivity contribution < 1.29 is 0 Å². The van der Waals surface area contributed by atoms with Crippen LogP contribution in [-0.2, 0) is 0 Å². The van der Waals surface area contributed by atoms with Gasteiger partial charge in [-0.15, -0.1) is 0 Å². The van der Waals surface area contributed by atoms with E-state index in [2.05, 4.69) is 68.3 Å². The molecule has 3 rings (SSSR count). The van der Waals surface area contributed by atoms with Crippen molar-refractivity contribution >= 4 is 16.6 Å². The Morgan fingerprint density at radius 2 is 1.67 bits per heavy atom. The molecule has 0 radical (unpaired) electrons. The lowest BCUT2D eigenvalue weighted by Gasteiger charge is -2.10. The summed E-state index contributed by atoms with van der Waals surface area (Å²) in [5.74, 6) is 1.01. The molecule has 0 unspecified atom stereocenters. The maximum absolute atomic E-state index is 4.51. The van der Waals surface area contributed by atoms with Crippen LogP contribution in [0.15, 0.2) is 36.5 Å². The van der Waals surface area contributed by atoms with E-state index in [0.717, 1.165) is 5.82 Å². The molecule has 1 aliphatic rings. The monoisotopic (exact) mass is 240 g/mol. The third-order valence-electron chi connectivity index (χ3n) is 4.98. The molecule has 1 saturated carbocycles. The first-order chi connectivity index (χ1) is 8.44. The zero-order valence-corrected chi connectivity index (χ0v) is 11.5. The van der Waals surface area contributed by atoms with Gasteiger partial charge in [-0.1, -0.05) is 52.0 Å². The van der Waals surface area contributed by atoms with E-state index >= 15 is 0 Å². The standard InChI is InChI=1S/C16H20N2/c1-15(2)14(16(15,3)4)18-13-12-8-6-5-7-11(12)9-10-17-13/h5-10,14H,1-4H3,(H,17,18). The molecule has 1 aromatic carbocycles. The van der Waals surface area contributed by atoms with Gasteiger partial charge >= 0.3 is 0 Å². The third-order valence-corrected chi connectivity index (χ3v) is 4.98. The van der Waals surface area contributed by atoms with Gasteiger partial charge < -0.3 is 5.32 Å². The van der Waals surface area contributed by atoms with E-state index in [1.165, 1.54) is 10.8 Å². The van der Waals surface area contributed by atoms with Gasteiger partial charge in [-0.3, -0.25) is 0 Å². The molecule has 1 aliphatic carbocycles. The number of pyridine rings is 1. The minimum Gasteiger partial charge on any atom is -0.366 e. The zero-order chi connectivity index (χ0) is 13.0. The molecule has 0 spiro atoms. The van der Waals surface area contributed by atoms with Crippen LogP contribution in [-0.4, -0.2) is 11.0 Å². The molecular weight excluding hydrogens is 220 g/mol. The van der Waals surface area contributed by atoms with Crippen molar-refractivity contribution in [3.05, 3.63) is 36.5 Å². The van der Waals surface area contributed by atoms with Gasteiger partial charge in [0.15, 0.2) is 0 Å². The Morgan fingerprint density at radius 1 is 1.00 bits per heavy atom. The Bertz CT molecular complexity index is 580. The van der Waals surface area contributed by atoms with Crippen molar-refractivity contribution in [3.63, 3.8) is 0 Å². The molecular formula is C16H20N2. The lowest BCUT2D eigenvalue weighted by Crippen LogP contribution is -2.11. The van der Waals surface area contributed by atoms with Crippen LogP contribution in [0.2, 0.25) is 0 Å². The molecule has 0 aliphatic heterocycles. The number of aromatic nitrogens is 1. The number of nitrogens with one attached hydrogen (secondary N) is 1. The molecule has 2 nitrogen and oxygen atoms in total. The molecule has 1 fully saturated rings. The Hall–Kier alpha value is -1.57. The molecule has 0 amide bonds. The Labute approximate surface area is 108 Å². The van der Waals surface area contributed by atoms with Crippen LogP contribution in [0, 0.1) is 10.8 Å². The number of nitrogens with zero attached hydrogens (tertiary/aromatic N) is 1. The number of hydrogen-bond donors (Lipinski definition) is 1. The summed E-state index contributed by atoms with van der Waals surface area (Å²) >= 11 is 0. The van der Waals surface area contributed by atoms with Crippen LogP contribution >= 0.6 is 0 Å². The van der Waals surface area contributed by atoms with Crippen molar-refractivity contribution in [1.29, 1.82) is 0 Å². The topological polar surface area (TPSA) is 24.9 Å². The van der Waals surface area contributed by atoms with Crippen LogP contribution in [0.5, 0.6) is 0 Å². The second-order valence-corrected chi connectivity index (χ2v) is 6.40. The maximum atomic E-state index is 4.51. The van der Waals surface area contributed by atoms with Crippen molar-refractivity contribution in [2.24, 2.45) is 10.8 Å². The molecule has 1 aromatic heterocycles. The molecule has 0 atom stereocenters. The number of rotatable bonds is 2. The van der Waals surface area contributed by atoms with Crippen LogP contribution in [0.3, 0.4) is 0 Å². The summed E-state index contributed by atoms with van der Waals surface area (Å²) < 4.78 is 0. The molecule has 94 valence electrons. The second-order valence-electron chi connectivity index (χ2n) is 6.40. The molecule has 1 N–H and O–H groups in total. The molecule has 0 bridgehead atoms. The van der Waals surface area contributed by atoms with Crippen LogP contribution in [0.4, 0.5) is 5.82 Å². The summed E-state index contributed by atoms with van der Waals surface area (Å²) in [4.78, 5) is 4.51. The largest absolute Gasteiger partial charge is 0.366 e. The molecule has 1 heterocycles. The Balaban J connectivity index is 1.98. The first kappa shape index (κ1) is 11.5. The number of benzene rings is 1. The summed E-state index contributed by atoms with van der Waals surface area (Å²) in [7, 11) is 0. The van der Waals surface area contributed by atoms with Gasteiger partial charge in [0.2, 0.25) is 0 Å². The van der Waals surface area contributed by atoms with Crippen molar-refractivity contribution in [1.82, 2.24) is 4.98 Å². The SMILES string of the molecule is CC1(C)C(Nc2nccc3ccccc23)C1(C)C. The average molecular weight is 240 g/mol. The summed E-state index contributed by atoms with van der Waals surface area (Å²) in [6, 6.07) is 10.9. The Morgan fingerprint density at radius 3 is 2.33 bits per heavy atom. The van der Waals surface area contributed by atoms with Crippen molar-refractivity contribution in [2.75, 3.05) is 5.32 Å². The molecule has 0 saturated heterocycles. The van der Waals surface area contributed by atoms with Gasteiger partial charge in [-0.25, -0.2) is 4.98 Å². The highest BCUT2D eigenvalue weighted by atomic mass is 15.1. The molecule has 2 aromatic rings. The van der Waals surface area contributed by atoms with E-state index in [4.69, 9.17) is 0 Å². The first-order valence-electron chi connectivity index (χ1n) is 6.55. The van der Waals surface area contributed by atoms with Gasteiger partial charge in [0.1, 0.15) is 5.82 Å². The van der Waals surface area contributed by atoms with Crippen molar-refractivity contribution in [2.45, 2.75) is 33.7 Å². The van der Waals surface area contributed by atoms with E-state index in [9.17, 15) is 0 Å². The summed E-state index contributed by atoms with van der Waals surface area (Å²) in [5, 5.41) is 6.08. The van der Waals surface area contributed by atoms with E-state index in [0.29, 0.717) is 16.9 Å². The summed E-state index contributed by atoms with van der Waals surface area (Å²) in [6.07, 6.45) is 1.88. The fraction of sp³-hybridized carbons (Fsp3) is 0.438. The predicted molar refractivity (Wildman–Crippen MR) is 76.7 cm³/mol. The predicted octanol–water partition coefficient (Wildman–Crippen LogP) is 4.08. The minimum absolute atomic E-state index is 0.325. The van der Waals surface area contributed by atoms with Gasteiger partial charge in [0, 0.05) is 17.6 Å². The second kappa shape index (κ2) is 3.47. The lowest BCUT2D eigenvalue weighted by atomic mass is 10.0. The number of fused-ring (bicyclic) bond motifs is 1. The minimum atomic E-state index is 0.325. The van der Waals surface area contributed by atoms with E-state index in [-0.39, 0.29) is 0 Å². The first-order valence-corrected chi connectivity index (χ1v) is 6.55. The van der Waals surface area contributed by atoms with Crippen LogP contribution in [0.1, 0.15) is 27.7 Å². The zero-order valence-electron chi connectivity index (χ0n) is 11.5. The Kier molecular flexibility index (Phi) is 2.22. The number of anilines is 1. The van der Waals surface area contributed by atoms with Crippen molar-refractivity contribution in [3.8, 4) is 0 Å². The van der Waals surface area contributed by atoms with Gasteiger partial charge in [-0.2, -0.15) is 0 Å². The lowest BCUT2D eigenvalue weighted by molar-refractivity contribution is 0.457. The van der Waals surface area contributed by atoms with Crippen LogP contribution < -0.4 is 5.32 Å². The fourth-order valence-electron chi connectivity index (χ4n) is 2.93. The summed E-state index contributed by atoms with van der Waals surface area (Å²) in [5.41, 5.74) is 0.650. The summed E-state index contributed by atoms with van der Waals surface area (Å²) in [6.45, 7) is 9.26. The van der Waals surface area contributed by atoms with Gasteiger partial charge in [0.05, 0.1) is 0 Å². The normalized spacial score (nSPS) is 20.9. The van der Waals surface area contributed by atoms with Gasteiger partial charge in [-0.05, 0) is 22.3 Å². The maximum Gasteiger partial charge on any atom is 0.134 e. The number of hydrogen-bond acceptors (Lipinski definition) is 2.